The molecule has 1 saturated carbocycles. The van der Waals surface area contributed by atoms with Gasteiger partial charge in [0.2, 0.25) is 11.8 Å². The topological polar surface area (TPSA) is 139 Å². The van der Waals surface area contributed by atoms with Gasteiger partial charge >= 0.3 is 0 Å². The maximum Gasteiger partial charge on any atom is 0.248 e. The fraction of sp³-hybridized carbons (Fsp3) is 0.486. The Bertz CT molecular complexity index is 1890. The van der Waals surface area contributed by atoms with Gasteiger partial charge < -0.3 is 15.1 Å². The monoisotopic (exact) mass is 713 g/mol. The number of carbonyl (C=O) groups excluding carboxylic acids is 3. The van der Waals surface area contributed by atoms with E-state index in [1.165, 1.54) is 19.8 Å². The molecule has 2 fully saturated rings. The van der Waals surface area contributed by atoms with Gasteiger partial charge in [-0.2, -0.15) is 5.10 Å². The van der Waals surface area contributed by atoms with Crippen LogP contribution in [0.2, 0.25) is 0 Å². The minimum absolute atomic E-state index is 0.00197. The van der Waals surface area contributed by atoms with Crippen LogP contribution in [0.15, 0.2) is 41.4 Å². The highest BCUT2D eigenvalue weighted by Crippen LogP contribution is 2.62. The maximum atomic E-state index is 14.3. The zero-order valence-electron chi connectivity index (χ0n) is 27.6. The number of pyridine rings is 2. The van der Waals surface area contributed by atoms with Crippen molar-refractivity contribution >= 4 is 50.2 Å². The first-order valence-electron chi connectivity index (χ1n) is 16.7. The lowest BCUT2D eigenvalue weighted by atomic mass is 9.92. The molecule has 1 saturated heterocycles. The molecule has 1 aliphatic carbocycles. The lowest BCUT2D eigenvalue weighted by Gasteiger charge is -2.27. The zero-order chi connectivity index (χ0) is 33.6. The van der Waals surface area contributed by atoms with Crippen molar-refractivity contribution in [1.29, 1.82) is 0 Å². The van der Waals surface area contributed by atoms with Gasteiger partial charge in [0.15, 0.2) is 5.78 Å². The average molecular weight is 715 g/mol. The second kappa shape index (κ2) is 13.1. The van der Waals surface area contributed by atoms with Gasteiger partial charge in [0.1, 0.15) is 34.5 Å². The van der Waals surface area contributed by atoms with Gasteiger partial charge in [0.05, 0.1) is 17.4 Å². The summed E-state index contributed by atoms with van der Waals surface area (Å²) < 4.78 is 2.18. The Balaban J connectivity index is 1.19. The van der Waals surface area contributed by atoms with Crippen molar-refractivity contribution in [2.45, 2.75) is 90.4 Å². The van der Waals surface area contributed by atoms with E-state index in [-0.39, 0.29) is 41.3 Å². The summed E-state index contributed by atoms with van der Waals surface area (Å²) in [5, 5.41) is 8.30. The number of piperidine rings is 1. The summed E-state index contributed by atoms with van der Waals surface area (Å²) in [4.78, 5) is 62.9. The van der Waals surface area contributed by atoms with Crippen molar-refractivity contribution in [2.24, 2.45) is 5.41 Å². The van der Waals surface area contributed by atoms with Crippen LogP contribution in [0.25, 0.3) is 22.2 Å². The third-order valence-electron chi connectivity index (χ3n) is 10.2. The molecule has 3 atom stereocenters. The number of aryl methyl sites for hydroxylation is 1. The van der Waals surface area contributed by atoms with Gasteiger partial charge in [0.25, 0.3) is 0 Å². The number of rotatable bonds is 4. The number of hydrogen-bond donors (Lipinski definition) is 1. The van der Waals surface area contributed by atoms with Gasteiger partial charge in [-0.3, -0.25) is 24.0 Å². The Morgan fingerprint density at radius 3 is 2.60 bits per heavy atom. The van der Waals surface area contributed by atoms with E-state index >= 15 is 0 Å². The minimum Gasteiger partial charge on any atom is -0.325 e. The van der Waals surface area contributed by atoms with Crippen LogP contribution in [0, 0.1) is 12.3 Å². The van der Waals surface area contributed by atoms with Crippen LogP contribution >= 0.6 is 15.9 Å². The van der Waals surface area contributed by atoms with Crippen LogP contribution < -0.4 is 5.32 Å². The largest absolute Gasteiger partial charge is 0.325 e. The van der Waals surface area contributed by atoms with E-state index in [0.29, 0.717) is 51.4 Å². The molecule has 250 valence electrons. The summed E-state index contributed by atoms with van der Waals surface area (Å²) in [6, 6.07) is 5.05. The van der Waals surface area contributed by atoms with E-state index in [4.69, 9.17) is 0 Å². The molecule has 4 aromatic rings. The Hall–Kier alpha value is -4.10. The first-order chi connectivity index (χ1) is 23.1. The number of amides is 2. The molecule has 2 amide bonds. The fourth-order valence-electron chi connectivity index (χ4n) is 7.58. The molecule has 0 radical (unpaired) electrons. The van der Waals surface area contributed by atoms with Crippen LogP contribution in [-0.2, 0) is 22.7 Å². The number of nitrogens with one attached hydrogen (secondary N) is 1. The number of fused-ring (bicyclic) bond motifs is 3. The number of carbonyl (C=O) groups is 3. The van der Waals surface area contributed by atoms with E-state index < -0.39 is 6.04 Å². The molecule has 1 spiro atoms. The number of likely N-dealkylation sites (tertiary alicyclic amines) is 1. The molecule has 7 rings (SSSR count). The Labute approximate surface area is 287 Å². The first-order valence-corrected chi connectivity index (χ1v) is 17.5. The third-order valence-corrected chi connectivity index (χ3v) is 10.6. The minimum atomic E-state index is -0.629. The van der Waals surface area contributed by atoms with Crippen LogP contribution in [0.4, 0.5) is 5.82 Å². The summed E-state index contributed by atoms with van der Waals surface area (Å²) in [7, 11) is 2.09. The number of hydrogen-bond acceptors (Lipinski definition) is 9. The molecule has 3 aliphatic rings. The Kier molecular flexibility index (Phi) is 8.84. The maximum absolute atomic E-state index is 14.3. The van der Waals surface area contributed by atoms with E-state index in [2.05, 4.69) is 58.2 Å². The second-order valence-corrected chi connectivity index (χ2v) is 14.5. The highest BCUT2D eigenvalue weighted by molar-refractivity contribution is 9.10. The Morgan fingerprint density at radius 2 is 1.81 bits per heavy atom. The second-order valence-electron chi connectivity index (χ2n) is 13.7. The van der Waals surface area contributed by atoms with Gasteiger partial charge in [0, 0.05) is 48.4 Å². The molecule has 6 heterocycles. The number of halogens is 1. The molecular formula is C35H40BrN9O3. The van der Waals surface area contributed by atoms with Gasteiger partial charge in [-0.1, -0.05) is 31.7 Å². The number of aromatic nitrogens is 6. The van der Waals surface area contributed by atoms with E-state index in [1.54, 1.807) is 34.2 Å². The average Bonchev–Trinajstić information content (AvgIpc) is 3.47. The standard InChI is InChI=1S/C35H40BrN9O3/c1-21(46)32-25-13-26(24-16-37-22(2)38-17-24)39-18-28(25)44(42-32)20-31(47)45-27-14-35(15-29(35)45)11-7-5-4-6-8-12-43(3)19-23-9-10-30(36)40-33(23)41-34(27)48/h9-10,13,16-18,27,29H,4-8,11-12,14-15,19-20H2,1-3H3,(H,40,41,48)/t27-,29?,35-/m0/s1. The van der Waals surface area contributed by atoms with E-state index in [9.17, 15) is 14.4 Å². The Morgan fingerprint density at radius 1 is 1.04 bits per heavy atom. The van der Waals surface area contributed by atoms with Gasteiger partial charge in [-0.15, -0.1) is 0 Å². The lowest BCUT2D eigenvalue weighted by Crippen LogP contribution is -2.47. The number of nitrogens with zero attached hydrogens (tertiary/aromatic N) is 8. The summed E-state index contributed by atoms with van der Waals surface area (Å²) in [6.07, 6.45) is 13.3. The zero-order valence-corrected chi connectivity index (χ0v) is 29.2. The van der Waals surface area contributed by atoms with Crippen LogP contribution in [0.1, 0.15) is 80.2 Å². The van der Waals surface area contributed by atoms with E-state index in [1.807, 2.05) is 19.1 Å². The summed E-state index contributed by atoms with van der Waals surface area (Å²) in [6.45, 7) is 4.80. The van der Waals surface area contributed by atoms with Crippen LogP contribution in [0.3, 0.4) is 0 Å². The highest BCUT2D eigenvalue weighted by Gasteiger charge is 2.66. The van der Waals surface area contributed by atoms with Crippen molar-refractivity contribution in [1.82, 2.24) is 39.5 Å². The lowest BCUT2D eigenvalue weighted by molar-refractivity contribution is -0.138. The molecule has 1 unspecified atom stereocenters. The van der Waals surface area contributed by atoms with Gasteiger partial charge in [-0.25, -0.2) is 15.0 Å². The van der Waals surface area contributed by atoms with Crippen LogP contribution in [-0.4, -0.2) is 82.8 Å². The predicted octanol–water partition coefficient (Wildman–Crippen LogP) is 5.34. The molecule has 48 heavy (non-hydrogen) atoms. The van der Waals surface area contributed by atoms with Crippen molar-refractivity contribution in [3.8, 4) is 11.3 Å². The fourth-order valence-corrected chi connectivity index (χ4v) is 7.89. The molecule has 0 aromatic carbocycles. The van der Waals surface area contributed by atoms with Crippen molar-refractivity contribution in [2.75, 3.05) is 18.9 Å². The summed E-state index contributed by atoms with van der Waals surface area (Å²) in [5.74, 6) is 0.526. The molecule has 13 heteroatoms. The smallest absolute Gasteiger partial charge is 0.248 e. The number of ketones is 1. The molecule has 2 aliphatic heterocycles. The van der Waals surface area contributed by atoms with E-state index in [0.717, 1.165) is 44.2 Å². The predicted molar refractivity (Wildman–Crippen MR) is 184 cm³/mol. The van der Waals surface area contributed by atoms with Gasteiger partial charge in [-0.05, 0) is 79.7 Å². The molecule has 4 aromatic heterocycles. The SMILES string of the molecule is CC(=O)c1nn(CC(=O)N2C3C[C@@]34CCCCCCCN(C)Cc3ccc(Br)nc3NC(=O)[C@@H]2C4)c2cnc(-c3cnc(C)nc3)cc12. The summed E-state index contributed by atoms with van der Waals surface area (Å²) >= 11 is 3.47. The quantitative estimate of drug-likeness (QED) is 0.219. The van der Waals surface area contributed by atoms with Crippen molar-refractivity contribution in [3.63, 3.8) is 0 Å². The number of Topliss-reactive ketones (excluding diaryl/α,β-unsaturated/α-hetero) is 1. The highest BCUT2D eigenvalue weighted by atomic mass is 79.9. The normalized spacial score (nSPS) is 23.4. The molecule has 2 bridgehead atoms. The summed E-state index contributed by atoms with van der Waals surface area (Å²) in [5.41, 5.74) is 3.05. The van der Waals surface area contributed by atoms with Crippen molar-refractivity contribution in [3.05, 3.63) is 58.5 Å². The third kappa shape index (κ3) is 6.37. The van der Waals surface area contributed by atoms with Crippen molar-refractivity contribution < 1.29 is 14.4 Å². The number of anilines is 1. The first kappa shape index (κ1) is 32.4. The molecule has 1 N–H and O–H groups in total. The van der Waals surface area contributed by atoms with Crippen LogP contribution in [0.5, 0.6) is 0 Å². The molecule has 12 nitrogen and oxygen atoms in total. The molecular weight excluding hydrogens is 674 g/mol.